The van der Waals surface area contributed by atoms with Crippen molar-refractivity contribution in [3.05, 3.63) is 33.9 Å². The molecular formula is C9H12Cl2. The third kappa shape index (κ3) is 4.28. The van der Waals surface area contributed by atoms with Crippen molar-refractivity contribution in [2.45, 2.75) is 20.8 Å². The van der Waals surface area contributed by atoms with Crippen LogP contribution < -0.4 is 0 Å². The van der Waals surface area contributed by atoms with Crippen LogP contribution in [0.25, 0.3) is 0 Å². The van der Waals surface area contributed by atoms with Crippen LogP contribution in [0.1, 0.15) is 20.8 Å². The summed E-state index contributed by atoms with van der Waals surface area (Å²) >= 11 is 11.6. The first kappa shape index (κ1) is 10.8. The second-order valence-electron chi connectivity index (χ2n) is 2.50. The van der Waals surface area contributed by atoms with E-state index in [1.165, 1.54) is 0 Å². The predicted molar refractivity (Wildman–Crippen MR) is 53.0 cm³/mol. The largest absolute Gasteiger partial charge is 0.0961 e. The van der Waals surface area contributed by atoms with E-state index in [2.05, 4.69) is 6.58 Å². The lowest BCUT2D eigenvalue weighted by Gasteiger charge is -1.99. The maximum absolute atomic E-state index is 5.88. The van der Waals surface area contributed by atoms with Gasteiger partial charge in [-0.3, -0.25) is 0 Å². The zero-order valence-corrected chi connectivity index (χ0v) is 8.55. The van der Waals surface area contributed by atoms with E-state index in [1.54, 1.807) is 6.08 Å². The third-order valence-electron chi connectivity index (χ3n) is 1.25. The Hall–Kier alpha value is -0.200. The molecular weight excluding hydrogens is 179 g/mol. The fraction of sp³-hybridized carbons (Fsp3) is 0.333. The SMILES string of the molecule is C=C(C)/C=C(Cl)\C(C)=C(/C)Cl. The Kier molecular flexibility index (Phi) is 4.55. The van der Waals surface area contributed by atoms with Crippen molar-refractivity contribution in [3.8, 4) is 0 Å². The molecule has 0 unspecified atom stereocenters. The van der Waals surface area contributed by atoms with Gasteiger partial charge in [-0.25, -0.2) is 0 Å². The second kappa shape index (κ2) is 4.63. The Bertz CT molecular complexity index is 218. The van der Waals surface area contributed by atoms with E-state index in [1.807, 2.05) is 20.8 Å². The summed E-state index contributed by atoms with van der Waals surface area (Å²) in [5.41, 5.74) is 1.82. The predicted octanol–water partition coefficient (Wildman–Crippen LogP) is 4.22. The maximum atomic E-state index is 5.88. The molecule has 0 aromatic carbocycles. The fourth-order valence-corrected chi connectivity index (χ4v) is 0.967. The first-order chi connectivity index (χ1) is 4.95. The van der Waals surface area contributed by atoms with E-state index in [4.69, 9.17) is 23.2 Å². The first-order valence-electron chi connectivity index (χ1n) is 3.31. The highest BCUT2D eigenvalue weighted by atomic mass is 35.5. The molecule has 0 spiro atoms. The van der Waals surface area contributed by atoms with Crippen molar-refractivity contribution in [1.82, 2.24) is 0 Å². The van der Waals surface area contributed by atoms with E-state index < -0.39 is 0 Å². The minimum atomic E-state index is 0.657. The van der Waals surface area contributed by atoms with Crippen LogP contribution in [0.2, 0.25) is 0 Å². The molecule has 0 nitrogen and oxygen atoms in total. The highest BCUT2D eigenvalue weighted by Crippen LogP contribution is 2.21. The molecule has 0 heterocycles. The Morgan fingerprint density at radius 1 is 1.18 bits per heavy atom. The van der Waals surface area contributed by atoms with Gasteiger partial charge in [0.2, 0.25) is 0 Å². The number of halogens is 2. The van der Waals surface area contributed by atoms with Gasteiger partial charge in [0.15, 0.2) is 0 Å². The smallest absolute Gasteiger partial charge is 0.0449 e. The van der Waals surface area contributed by atoms with Crippen molar-refractivity contribution in [3.63, 3.8) is 0 Å². The molecule has 0 fully saturated rings. The molecule has 0 N–H and O–H groups in total. The summed E-state index contributed by atoms with van der Waals surface area (Å²) in [7, 11) is 0. The Morgan fingerprint density at radius 2 is 1.64 bits per heavy atom. The van der Waals surface area contributed by atoms with E-state index in [0.29, 0.717) is 10.1 Å². The van der Waals surface area contributed by atoms with Gasteiger partial charge in [0.25, 0.3) is 0 Å². The van der Waals surface area contributed by atoms with Gasteiger partial charge in [-0.1, -0.05) is 35.4 Å². The summed E-state index contributed by atoms with van der Waals surface area (Å²) in [5, 5.41) is 1.37. The molecule has 0 amide bonds. The van der Waals surface area contributed by atoms with Crippen molar-refractivity contribution in [2.24, 2.45) is 0 Å². The van der Waals surface area contributed by atoms with Crippen molar-refractivity contribution in [1.29, 1.82) is 0 Å². The summed E-state index contributed by atoms with van der Waals surface area (Å²) in [6, 6.07) is 0. The fourth-order valence-electron chi connectivity index (χ4n) is 0.489. The standard InChI is InChI=1S/C9H12Cl2/c1-6(2)5-9(11)7(3)8(4)10/h5H,1H2,2-4H3/b8-7+,9-5+. The lowest BCUT2D eigenvalue weighted by molar-refractivity contribution is 1.40. The van der Waals surface area contributed by atoms with Crippen LogP contribution in [-0.4, -0.2) is 0 Å². The maximum Gasteiger partial charge on any atom is 0.0449 e. The molecule has 0 aliphatic carbocycles. The van der Waals surface area contributed by atoms with Crippen LogP contribution in [0.4, 0.5) is 0 Å². The second-order valence-corrected chi connectivity index (χ2v) is 3.47. The quantitative estimate of drug-likeness (QED) is 0.573. The molecule has 0 saturated heterocycles. The van der Waals surface area contributed by atoms with Crippen molar-refractivity contribution in [2.75, 3.05) is 0 Å². The molecule has 2 heteroatoms. The number of rotatable bonds is 2. The van der Waals surface area contributed by atoms with Gasteiger partial charge < -0.3 is 0 Å². The molecule has 0 saturated carbocycles. The van der Waals surface area contributed by atoms with Crippen LogP contribution in [0.15, 0.2) is 33.9 Å². The Labute approximate surface area is 78.2 Å². The van der Waals surface area contributed by atoms with E-state index in [9.17, 15) is 0 Å². The topological polar surface area (TPSA) is 0 Å². The zero-order chi connectivity index (χ0) is 9.02. The van der Waals surface area contributed by atoms with Gasteiger partial charge >= 0.3 is 0 Å². The zero-order valence-electron chi connectivity index (χ0n) is 7.04. The average molecular weight is 191 g/mol. The summed E-state index contributed by atoms with van der Waals surface area (Å²) in [6.07, 6.45) is 1.79. The molecule has 0 bridgehead atoms. The molecule has 0 aliphatic rings. The molecule has 0 atom stereocenters. The van der Waals surface area contributed by atoms with Gasteiger partial charge in [0, 0.05) is 10.1 Å². The molecule has 0 aromatic rings. The molecule has 0 aromatic heterocycles. The first-order valence-corrected chi connectivity index (χ1v) is 4.06. The summed E-state index contributed by atoms with van der Waals surface area (Å²) < 4.78 is 0. The number of allylic oxidation sites excluding steroid dienone is 5. The molecule has 0 radical (unpaired) electrons. The van der Waals surface area contributed by atoms with E-state index in [-0.39, 0.29) is 0 Å². The molecule has 62 valence electrons. The minimum Gasteiger partial charge on any atom is -0.0961 e. The third-order valence-corrected chi connectivity index (χ3v) is 1.92. The van der Waals surface area contributed by atoms with Crippen LogP contribution in [0, 0.1) is 0 Å². The van der Waals surface area contributed by atoms with Crippen LogP contribution in [-0.2, 0) is 0 Å². The summed E-state index contributed by atoms with van der Waals surface area (Å²) in [4.78, 5) is 0. The van der Waals surface area contributed by atoms with Gasteiger partial charge in [0.1, 0.15) is 0 Å². The van der Waals surface area contributed by atoms with Crippen LogP contribution in [0.5, 0.6) is 0 Å². The van der Waals surface area contributed by atoms with Gasteiger partial charge in [-0.2, -0.15) is 0 Å². The van der Waals surface area contributed by atoms with Crippen LogP contribution >= 0.6 is 23.2 Å². The lowest BCUT2D eigenvalue weighted by Crippen LogP contribution is -1.78. The molecule has 0 rings (SSSR count). The molecule has 11 heavy (non-hydrogen) atoms. The van der Waals surface area contributed by atoms with E-state index >= 15 is 0 Å². The van der Waals surface area contributed by atoms with Gasteiger partial charge in [-0.05, 0) is 32.4 Å². The van der Waals surface area contributed by atoms with E-state index in [0.717, 1.165) is 11.1 Å². The summed E-state index contributed by atoms with van der Waals surface area (Å²) in [5.74, 6) is 0. The Morgan fingerprint density at radius 3 is 1.91 bits per heavy atom. The van der Waals surface area contributed by atoms with Crippen molar-refractivity contribution < 1.29 is 0 Å². The lowest BCUT2D eigenvalue weighted by atomic mass is 10.2. The average Bonchev–Trinajstić information content (AvgIpc) is 1.84. The Balaban J connectivity index is 4.63. The monoisotopic (exact) mass is 190 g/mol. The highest BCUT2D eigenvalue weighted by Gasteiger charge is 1.97. The van der Waals surface area contributed by atoms with Gasteiger partial charge in [-0.15, -0.1) is 0 Å². The summed E-state index contributed by atoms with van der Waals surface area (Å²) in [6.45, 7) is 9.29. The minimum absolute atomic E-state index is 0.657. The van der Waals surface area contributed by atoms with Crippen LogP contribution in [0.3, 0.4) is 0 Å². The highest BCUT2D eigenvalue weighted by molar-refractivity contribution is 6.35. The van der Waals surface area contributed by atoms with Gasteiger partial charge in [0.05, 0.1) is 0 Å². The number of hydrogen-bond donors (Lipinski definition) is 0. The molecule has 0 aliphatic heterocycles. The number of hydrogen-bond acceptors (Lipinski definition) is 0. The van der Waals surface area contributed by atoms with Crippen molar-refractivity contribution >= 4 is 23.2 Å². The normalized spacial score (nSPS) is 14.5.